The van der Waals surface area contributed by atoms with Crippen LogP contribution in [-0.4, -0.2) is 22.8 Å². The normalized spacial score (nSPS) is 11.7. The summed E-state index contributed by atoms with van der Waals surface area (Å²) in [5.74, 6) is 0. The molecular formula is C14H19N3O2S. The molecule has 0 radical (unpaired) electrons. The summed E-state index contributed by atoms with van der Waals surface area (Å²) >= 11 is 0. The highest BCUT2D eigenvalue weighted by Gasteiger charge is 2.21. The van der Waals surface area contributed by atoms with Crippen LogP contribution in [0.3, 0.4) is 0 Å². The van der Waals surface area contributed by atoms with E-state index in [4.69, 9.17) is 0 Å². The minimum atomic E-state index is -3.64. The van der Waals surface area contributed by atoms with Gasteiger partial charge in [0.25, 0.3) is 10.0 Å². The molecule has 108 valence electrons. The first-order chi connectivity index (χ1) is 9.55. The average Bonchev–Trinajstić information content (AvgIpc) is 2.89. The van der Waals surface area contributed by atoms with Crippen molar-refractivity contribution in [3.63, 3.8) is 0 Å². The predicted octanol–water partition coefficient (Wildman–Crippen LogP) is 2.56. The highest BCUT2D eigenvalue weighted by Crippen LogP contribution is 2.16. The second-order valence-corrected chi connectivity index (χ2v) is 6.61. The summed E-state index contributed by atoms with van der Waals surface area (Å²) in [6.07, 6.45) is 5.29. The zero-order valence-corrected chi connectivity index (χ0v) is 12.6. The van der Waals surface area contributed by atoms with Crippen LogP contribution >= 0.6 is 0 Å². The number of hydrogen-bond donors (Lipinski definition) is 0. The lowest BCUT2D eigenvalue weighted by molar-refractivity contribution is 0.571. The van der Waals surface area contributed by atoms with Crippen molar-refractivity contribution in [1.29, 1.82) is 0 Å². The third-order valence-corrected chi connectivity index (χ3v) is 4.80. The molecule has 5 nitrogen and oxygen atoms in total. The fourth-order valence-electron chi connectivity index (χ4n) is 1.98. The van der Waals surface area contributed by atoms with Gasteiger partial charge < -0.3 is 0 Å². The van der Waals surface area contributed by atoms with Crippen molar-refractivity contribution in [3.8, 4) is 0 Å². The third kappa shape index (κ3) is 3.07. The largest absolute Gasteiger partial charge is 0.284 e. The van der Waals surface area contributed by atoms with Gasteiger partial charge in [-0.05, 0) is 31.9 Å². The molecule has 0 atom stereocenters. The number of rotatable bonds is 6. The van der Waals surface area contributed by atoms with Gasteiger partial charge in [0.2, 0.25) is 0 Å². The van der Waals surface area contributed by atoms with E-state index in [-0.39, 0.29) is 4.90 Å². The highest BCUT2D eigenvalue weighted by molar-refractivity contribution is 7.89. The van der Waals surface area contributed by atoms with Crippen molar-refractivity contribution in [3.05, 3.63) is 41.7 Å². The Kier molecular flexibility index (Phi) is 4.54. The highest BCUT2D eigenvalue weighted by atomic mass is 32.2. The van der Waals surface area contributed by atoms with E-state index < -0.39 is 10.0 Å². The summed E-state index contributed by atoms with van der Waals surface area (Å²) < 4.78 is 26.1. The van der Waals surface area contributed by atoms with Gasteiger partial charge >= 0.3 is 0 Å². The maximum absolute atomic E-state index is 12.5. The second kappa shape index (κ2) is 6.17. The van der Waals surface area contributed by atoms with Gasteiger partial charge in [-0.25, -0.2) is 0 Å². The predicted molar refractivity (Wildman–Crippen MR) is 77.0 cm³/mol. The van der Waals surface area contributed by atoms with E-state index in [2.05, 4.69) is 17.2 Å². The van der Waals surface area contributed by atoms with Gasteiger partial charge in [-0.3, -0.25) is 0 Å². The van der Waals surface area contributed by atoms with Crippen LogP contribution in [0.2, 0.25) is 0 Å². The fraction of sp³-hybridized carbons (Fsp3) is 0.429. The van der Waals surface area contributed by atoms with Crippen LogP contribution in [0, 0.1) is 6.92 Å². The Morgan fingerprint density at radius 2 is 1.85 bits per heavy atom. The summed E-state index contributed by atoms with van der Waals surface area (Å²) in [5.41, 5.74) is 1.66. The van der Waals surface area contributed by atoms with Crippen LogP contribution in [0.25, 0.3) is 0 Å². The summed E-state index contributed by atoms with van der Waals surface area (Å²) in [4.78, 5) is 0.241. The first kappa shape index (κ1) is 14.7. The summed E-state index contributed by atoms with van der Waals surface area (Å²) in [5, 5.41) is 7.49. The Labute approximate surface area is 119 Å². The third-order valence-electron chi connectivity index (χ3n) is 3.17. The summed E-state index contributed by atoms with van der Waals surface area (Å²) in [7, 11) is -3.64. The first-order valence-corrected chi connectivity index (χ1v) is 8.21. The van der Waals surface area contributed by atoms with Crippen LogP contribution in [0.15, 0.2) is 35.4 Å². The lowest BCUT2D eigenvalue weighted by atomic mass is 10.2. The maximum atomic E-state index is 12.5. The first-order valence-electron chi connectivity index (χ1n) is 6.77. The van der Waals surface area contributed by atoms with Gasteiger partial charge in [-0.2, -0.15) is 8.42 Å². The zero-order chi connectivity index (χ0) is 14.6. The van der Waals surface area contributed by atoms with Gasteiger partial charge in [-0.1, -0.05) is 42.7 Å². The van der Waals surface area contributed by atoms with E-state index in [1.807, 2.05) is 6.92 Å². The minimum Gasteiger partial charge on any atom is -0.199 e. The molecule has 1 heterocycles. The van der Waals surface area contributed by atoms with Crippen molar-refractivity contribution >= 4 is 10.0 Å². The topological polar surface area (TPSA) is 64.8 Å². The molecule has 1 aromatic heterocycles. The van der Waals surface area contributed by atoms with Gasteiger partial charge in [0.1, 0.15) is 0 Å². The van der Waals surface area contributed by atoms with Crippen molar-refractivity contribution in [1.82, 2.24) is 14.4 Å². The number of aryl methyl sites for hydroxylation is 2. The molecule has 0 fully saturated rings. The van der Waals surface area contributed by atoms with Crippen LogP contribution in [0.4, 0.5) is 0 Å². The molecule has 2 aromatic rings. The second-order valence-electron chi connectivity index (χ2n) is 4.84. The van der Waals surface area contributed by atoms with E-state index >= 15 is 0 Å². The van der Waals surface area contributed by atoms with Crippen LogP contribution in [0.1, 0.15) is 37.4 Å². The SMILES string of the molecule is CCCCCc1cnnn1S(=O)(=O)c1ccc(C)cc1. The molecule has 2 rings (SSSR count). The molecule has 0 N–H and O–H groups in total. The molecule has 0 amide bonds. The van der Waals surface area contributed by atoms with E-state index in [1.54, 1.807) is 24.3 Å². The molecule has 0 saturated carbocycles. The monoisotopic (exact) mass is 293 g/mol. The lowest BCUT2D eigenvalue weighted by Crippen LogP contribution is -2.17. The Morgan fingerprint density at radius 3 is 2.50 bits per heavy atom. The van der Waals surface area contributed by atoms with E-state index in [0.29, 0.717) is 12.1 Å². The molecule has 1 aromatic carbocycles. The smallest absolute Gasteiger partial charge is 0.199 e. The lowest BCUT2D eigenvalue weighted by Gasteiger charge is -2.07. The Morgan fingerprint density at radius 1 is 1.15 bits per heavy atom. The van der Waals surface area contributed by atoms with E-state index in [1.165, 1.54) is 6.20 Å². The molecule has 20 heavy (non-hydrogen) atoms. The fourth-order valence-corrected chi connectivity index (χ4v) is 3.24. The minimum absolute atomic E-state index is 0.241. The number of benzene rings is 1. The number of nitrogens with zero attached hydrogens (tertiary/aromatic N) is 3. The average molecular weight is 293 g/mol. The van der Waals surface area contributed by atoms with Gasteiger partial charge in [-0.15, -0.1) is 9.19 Å². The number of unbranched alkanes of at least 4 members (excludes halogenated alkanes) is 2. The van der Waals surface area contributed by atoms with Crippen LogP contribution in [-0.2, 0) is 16.4 Å². The van der Waals surface area contributed by atoms with Crippen LogP contribution < -0.4 is 0 Å². The van der Waals surface area contributed by atoms with Gasteiger partial charge in [0, 0.05) is 0 Å². The van der Waals surface area contributed by atoms with Crippen molar-refractivity contribution in [2.24, 2.45) is 0 Å². The van der Waals surface area contributed by atoms with E-state index in [9.17, 15) is 8.42 Å². The molecule has 0 aliphatic heterocycles. The Balaban J connectivity index is 2.30. The Hall–Kier alpha value is -1.69. The standard InChI is InChI=1S/C14H19N3O2S/c1-3-4-5-6-13-11-15-16-17(13)20(18,19)14-9-7-12(2)8-10-14/h7-11H,3-6H2,1-2H3. The van der Waals surface area contributed by atoms with Crippen molar-refractivity contribution in [2.45, 2.75) is 44.4 Å². The molecule has 0 unspecified atom stereocenters. The molecule has 0 bridgehead atoms. The Bertz CT molecular complexity index is 660. The quantitative estimate of drug-likeness (QED) is 0.768. The van der Waals surface area contributed by atoms with Crippen LogP contribution in [0.5, 0.6) is 0 Å². The number of hydrogen-bond acceptors (Lipinski definition) is 4. The van der Waals surface area contributed by atoms with Crippen molar-refractivity contribution < 1.29 is 8.42 Å². The summed E-state index contributed by atoms with van der Waals surface area (Å²) in [6.45, 7) is 4.03. The molecule has 0 spiro atoms. The van der Waals surface area contributed by atoms with Crippen molar-refractivity contribution in [2.75, 3.05) is 0 Å². The van der Waals surface area contributed by atoms with Gasteiger partial charge in [0.05, 0.1) is 16.8 Å². The van der Waals surface area contributed by atoms with Gasteiger partial charge in [0.15, 0.2) is 0 Å². The number of aromatic nitrogens is 3. The molecular weight excluding hydrogens is 274 g/mol. The molecule has 6 heteroatoms. The molecule has 0 aliphatic rings. The molecule has 0 saturated heterocycles. The zero-order valence-electron chi connectivity index (χ0n) is 11.8. The van der Waals surface area contributed by atoms with E-state index in [0.717, 1.165) is 28.9 Å². The molecule has 0 aliphatic carbocycles. The summed E-state index contributed by atoms with van der Waals surface area (Å²) in [6, 6.07) is 6.76. The maximum Gasteiger partial charge on any atom is 0.284 e.